The normalized spacial score (nSPS) is 17.7. The molecule has 3 heterocycles. The summed E-state index contributed by atoms with van der Waals surface area (Å²) in [5.74, 6) is -4.72. The van der Waals surface area contributed by atoms with Crippen molar-refractivity contribution in [3.63, 3.8) is 0 Å². The van der Waals surface area contributed by atoms with Crippen molar-refractivity contribution in [3.05, 3.63) is 131 Å². The number of fused-ring (bicyclic) bond motifs is 4. The van der Waals surface area contributed by atoms with Gasteiger partial charge in [-0.3, -0.25) is 50.5 Å². The fourth-order valence-electron chi connectivity index (χ4n) is 4.50. The van der Waals surface area contributed by atoms with E-state index in [0.29, 0.717) is 11.1 Å². The van der Waals surface area contributed by atoms with Crippen molar-refractivity contribution >= 4 is 35.4 Å². The van der Waals surface area contributed by atoms with Crippen LogP contribution in [0.1, 0.15) is 53.1 Å². The van der Waals surface area contributed by atoms with E-state index < -0.39 is 47.5 Å². The molecule has 0 radical (unpaired) electrons. The second-order valence-corrected chi connectivity index (χ2v) is 10.1. The van der Waals surface area contributed by atoms with Gasteiger partial charge in [0.15, 0.2) is 0 Å². The number of hydrogen-bond donors (Lipinski definition) is 6. The molecule has 0 saturated carbocycles. The number of benzene rings is 2. The molecule has 4 bridgehead atoms. The molecule has 6 amide bonds. The fourth-order valence-corrected chi connectivity index (χ4v) is 4.50. The summed E-state index contributed by atoms with van der Waals surface area (Å²) in [6, 6.07) is 23.6. The monoisotopic (exact) mass is 620 g/mol. The third-order valence-electron chi connectivity index (χ3n) is 6.84. The summed E-state index contributed by atoms with van der Waals surface area (Å²) in [6.45, 7) is 0. The van der Waals surface area contributed by atoms with Crippen molar-refractivity contribution in [2.45, 2.75) is 24.9 Å². The zero-order valence-electron chi connectivity index (χ0n) is 24.2. The van der Waals surface area contributed by atoms with Crippen LogP contribution in [0.25, 0.3) is 0 Å². The maximum Gasteiger partial charge on any atom is 0.288 e. The van der Waals surface area contributed by atoms with Gasteiger partial charge in [-0.15, -0.1) is 0 Å². The smallest absolute Gasteiger partial charge is 0.288 e. The Morgan fingerprint density at radius 2 is 0.761 bits per heavy atom. The van der Waals surface area contributed by atoms with Gasteiger partial charge < -0.3 is 10.6 Å². The van der Waals surface area contributed by atoms with Crippen molar-refractivity contribution in [2.24, 2.45) is 0 Å². The standard InChI is InChI=1S/C32H28N8O6/c41-27-21-13-7-14-22(33-21)28(42)36-26(18-20-11-5-2-6-12-20)32(46)40-38-30(44)24-16-8-15-23(34-24)29(43)37-39-31(45)25(35-27)17-19-9-3-1-4-10-19/h1-16,25-26H,17-18H2,(H,35,41)(H,36,42)(H,37,43)(H,38,44)(H,39,45)(H,40,46)/t25-,26-/m0/s1. The minimum atomic E-state index is -1.18. The Bertz CT molecular complexity index is 1660. The lowest BCUT2D eigenvalue weighted by Crippen LogP contribution is -2.54. The van der Waals surface area contributed by atoms with Crippen molar-refractivity contribution in [2.75, 3.05) is 0 Å². The van der Waals surface area contributed by atoms with Crippen LogP contribution in [0.5, 0.6) is 0 Å². The molecule has 6 N–H and O–H groups in total. The van der Waals surface area contributed by atoms with Gasteiger partial charge in [-0.05, 0) is 35.4 Å². The summed E-state index contributed by atoms with van der Waals surface area (Å²) in [6.07, 6.45) is 0.108. The second kappa shape index (κ2) is 14.4. The quantitative estimate of drug-likeness (QED) is 0.188. The molecule has 0 aliphatic carbocycles. The third-order valence-corrected chi connectivity index (χ3v) is 6.84. The number of carbonyl (C=O) groups is 6. The predicted octanol–water partition coefficient (Wildman–Crippen LogP) is 0.395. The van der Waals surface area contributed by atoms with E-state index in [1.165, 1.54) is 36.4 Å². The van der Waals surface area contributed by atoms with E-state index in [2.05, 4.69) is 42.3 Å². The number of aromatic nitrogens is 2. The average molecular weight is 621 g/mol. The van der Waals surface area contributed by atoms with Gasteiger partial charge in [-0.25, -0.2) is 9.97 Å². The Morgan fingerprint density at radius 1 is 0.413 bits per heavy atom. The van der Waals surface area contributed by atoms with Crippen LogP contribution in [0.4, 0.5) is 0 Å². The zero-order chi connectivity index (χ0) is 32.5. The molecule has 0 unspecified atom stereocenters. The summed E-state index contributed by atoms with van der Waals surface area (Å²) in [7, 11) is 0. The van der Waals surface area contributed by atoms with Crippen LogP contribution in [0.3, 0.4) is 0 Å². The van der Waals surface area contributed by atoms with E-state index in [-0.39, 0.29) is 35.6 Å². The second-order valence-electron chi connectivity index (χ2n) is 10.1. The largest absolute Gasteiger partial charge is 0.338 e. The molecule has 0 fully saturated rings. The van der Waals surface area contributed by atoms with Gasteiger partial charge in [0, 0.05) is 12.8 Å². The molecule has 232 valence electrons. The molecule has 1 aliphatic rings. The fraction of sp³-hybridized carbons (Fsp3) is 0.125. The molecule has 0 spiro atoms. The summed E-state index contributed by atoms with van der Waals surface area (Å²) in [5, 5.41) is 5.21. The van der Waals surface area contributed by atoms with Crippen LogP contribution in [0, 0.1) is 0 Å². The predicted molar refractivity (Wildman–Crippen MR) is 162 cm³/mol. The Kier molecular flexibility index (Phi) is 9.67. The molecule has 14 heteroatoms. The minimum Gasteiger partial charge on any atom is -0.338 e. The molecule has 14 nitrogen and oxygen atoms in total. The van der Waals surface area contributed by atoms with Gasteiger partial charge in [0.25, 0.3) is 35.4 Å². The molecular formula is C32H28N8O6. The van der Waals surface area contributed by atoms with Crippen LogP contribution < -0.4 is 32.3 Å². The minimum absolute atomic E-state index is 0.0542. The lowest BCUT2D eigenvalue weighted by atomic mass is 10.0. The Morgan fingerprint density at radius 3 is 1.13 bits per heavy atom. The van der Waals surface area contributed by atoms with Crippen molar-refractivity contribution in [3.8, 4) is 0 Å². The number of nitrogens with one attached hydrogen (secondary N) is 6. The molecule has 46 heavy (non-hydrogen) atoms. The van der Waals surface area contributed by atoms with E-state index in [4.69, 9.17) is 0 Å². The first-order valence-corrected chi connectivity index (χ1v) is 14.1. The number of hydrazine groups is 2. The first-order chi connectivity index (χ1) is 22.3. The number of rotatable bonds is 4. The highest BCUT2D eigenvalue weighted by Crippen LogP contribution is 2.08. The number of hydrogen-bond acceptors (Lipinski definition) is 8. The first-order valence-electron chi connectivity index (χ1n) is 14.1. The van der Waals surface area contributed by atoms with E-state index >= 15 is 0 Å². The van der Waals surface area contributed by atoms with Gasteiger partial charge in [-0.1, -0.05) is 72.8 Å². The van der Waals surface area contributed by atoms with E-state index in [9.17, 15) is 28.8 Å². The molecule has 0 saturated heterocycles. The van der Waals surface area contributed by atoms with Gasteiger partial charge in [-0.2, -0.15) is 0 Å². The highest BCUT2D eigenvalue weighted by Gasteiger charge is 2.26. The first kappa shape index (κ1) is 31.0. The molecule has 5 rings (SSSR count). The van der Waals surface area contributed by atoms with Crippen molar-refractivity contribution < 1.29 is 28.8 Å². The summed E-state index contributed by atoms with van der Waals surface area (Å²) in [5.41, 5.74) is 9.68. The molecule has 2 aromatic heterocycles. The topological polar surface area (TPSA) is 200 Å². The average Bonchev–Trinajstić information content (AvgIpc) is 3.09. The Labute approximate surface area is 262 Å². The van der Waals surface area contributed by atoms with Crippen LogP contribution in [0.2, 0.25) is 0 Å². The molecule has 2 atom stereocenters. The number of carbonyl (C=O) groups excluding carboxylic acids is 6. The number of amides is 6. The Hall–Kier alpha value is -6.44. The molecule has 1 aliphatic heterocycles. The van der Waals surface area contributed by atoms with Crippen LogP contribution in [-0.2, 0) is 22.4 Å². The van der Waals surface area contributed by atoms with Gasteiger partial charge in [0.2, 0.25) is 0 Å². The van der Waals surface area contributed by atoms with Gasteiger partial charge in [0.1, 0.15) is 34.9 Å². The van der Waals surface area contributed by atoms with E-state index in [0.717, 1.165) is 0 Å². The SMILES string of the molecule is O=C1NNC(=O)[C@H](Cc2ccccc2)NC(=O)c2cccc(n2)C(=O)N[C@@H](Cc2ccccc2)C(=O)NNC(=O)c2cccc1n2. The molecular weight excluding hydrogens is 592 g/mol. The van der Waals surface area contributed by atoms with Crippen molar-refractivity contribution in [1.29, 1.82) is 0 Å². The maximum atomic E-state index is 13.3. The number of pyridine rings is 2. The van der Waals surface area contributed by atoms with Crippen molar-refractivity contribution in [1.82, 2.24) is 42.3 Å². The van der Waals surface area contributed by atoms with Gasteiger partial charge >= 0.3 is 0 Å². The Balaban J connectivity index is 1.47. The van der Waals surface area contributed by atoms with Crippen LogP contribution in [-0.4, -0.2) is 57.5 Å². The third kappa shape index (κ3) is 7.93. The summed E-state index contributed by atoms with van der Waals surface area (Å²) < 4.78 is 0. The summed E-state index contributed by atoms with van der Waals surface area (Å²) in [4.78, 5) is 86.8. The lowest BCUT2D eigenvalue weighted by molar-refractivity contribution is -0.124. The van der Waals surface area contributed by atoms with Crippen LogP contribution in [0.15, 0.2) is 97.1 Å². The number of nitrogens with zero attached hydrogens (tertiary/aromatic N) is 2. The highest BCUT2D eigenvalue weighted by atomic mass is 16.2. The maximum absolute atomic E-state index is 13.3. The molecule has 2 aromatic carbocycles. The highest BCUT2D eigenvalue weighted by molar-refractivity contribution is 6.01. The lowest BCUT2D eigenvalue weighted by Gasteiger charge is -2.20. The molecule has 4 aromatic rings. The van der Waals surface area contributed by atoms with Gasteiger partial charge in [0.05, 0.1) is 0 Å². The van der Waals surface area contributed by atoms with Crippen LogP contribution >= 0.6 is 0 Å². The zero-order valence-corrected chi connectivity index (χ0v) is 24.2. The van der Waals surface area contributed by atoms with E-state index in [1.54, 1.807) is 60.7 Å². The summed E-state index contributed by atoms with van der Waals surface area (Å²) >= 11 is 0. The van der Waals surface area contributed by atoms with E-state index in [1.807, 2.05) is 0 Å².